The molecule has 0 saturated carbocycles. The van der Waals surface area contributed by atoms with E-state index in [1.165, 1.54) is 6.07 Å². The van der Waals surface area contributed by atoms with Gasteiger partial charge in [0.15, 0.2) is 6.29 Å². The molecule has 5 heteroatoms. The first-order valence-electron chi connectivity index (χ1n) is 8.91. The zero-order valence-electron chi connectivity index (χ0n) is 15.7. The van der Waals surface area contributed by atoms with Crippen LogP contribution in [0, 0.1) is 13.8 Å². The predicted molar refractivity (Wildman–Crippen MR) is 104 cm³/mol. The van der Waals surface area contributed by atoms with Crippen LogP contribution in [0.3, 0.4) is 0 Å². The summed E-state index contributed by atoms with van der Waals surface area (Å²) in [5.41, 5.74) is 3.25. The second-order valence-electron chi connectivity index (χ2n) is 6.43. The molecule has 1 heterocycles. The molecule has 0 radical (unpaired) electrons. The van der Waals surface area contributed by atoms with Crippen LogP contribution in [-0.4, -0.2) is 12.9 Å². The van der Waals surface area contributed by atoms with Gasteiger partial charge >= 0.3 is 5.63 Å². The van der Waals surface area contributed by atoms with Gasteiger partial charge in [-0.15, -0.1) is 0 Å². The molecule has 0 amide bonds. The molecule has 0 aliphatic heterocycles. The lowest BCUT2D eigenvalue weighted by atomic mass is 10.0. The van der Waals surface area contributed by atoms with Gasteiger partial charge in [0, 0.05) is 23.1 Å². The van der Waals surface area contributed by atoms with Crippen LogP contribution in [0.1, 0.15) is 40.4 Å². The molecule has 3 rings (SSSR count). The minimum Gasteiger partial charge on any atom is -0.493 e. The average molecular weight is 366 g/mol. The Morgan fingerprint density at radius 1 is 1.07 bits per heavy atom. The SMILES string of the molecule is CCCOc1ccc(C=O)c(OCc2cc(=O)oc3c(C)c(C)ccc23)c1. The highest BCUT2D eigenvalue weighted by atomic mass is 16.5. The third kappa shape index (κ3) is 4.03. The fourth-order valence-electron chi connectivity index (χ4n) is 2.85. The van der Waals surface area contributed by atoms with E-state index < -0.39 is 5.63 Å². The number of carbonyl (C=O) groups excluding carboxylic acids is 1. The fraction of sp³-hybridized carbons (Fsp3) is 0.273. The van der Waals surface area contributed by atoms with Gasteiger partial charge in [-0.2, -0.15) is 0 Å². The molecule has 5 nitrogen and oxygen atoms in total. The maximum absolute atomic E-state index is 12.0. The number of fused-ring (bicyclic) bond motifs is 1. The van der Waals surface area contributed by atoms with E-state index in [-0.39, 0.29) is 6.61 Å². The number of hydrogen-bond donors (Lipinski definition) is 0. The van der Waals surface area contributed by atoms with E-state index in [9.17, 15) is 9.59 Å². The summed E-state index contributed by atoms with van der Waals surface area (Å²) in [4.78, 5) is 23.3. The molecule has 3 aromatic rings. The van der Waals surface area contributed by atoms with Crippen LogP contribution >= 0.6 is 0 Å². The summed E-state index contributed by atoms with van der Waals surface area (Å²) in [5, 5.41) is 0.823. The van der Waals surface area contributed by atoms with Crippen molar-refractivity contribution in [3.8, 4) is 11.5 Å². The first-order valence-corrected chi connectivity index (χ1v) is 8.91. The highest BCUT2D eigenvalue weighted by Gasteiger charge is 2.12. The van der Waals surface area contributed by atoms with E-state index >= 15 is 0 Å². The van der Waals surface area contributed by atoms with Crippen molar-refractivity contribution < 1.29 is 18.7 Å². The molecular formula is C22H22O5. The van der Waals surface area contributed by atoms with Gasteiger partial charge in [-0.1, -0.05) is 19.1 Å². The number of benzene rings is 2. The lowest BCUT2D eigenvalue weighted by Crippen LogP contribution is -2.06. The summed E-state index contributed by atoms with van der Waals surface area (Å²) in [6.45, 7) is 6.64. The van der Waals surface area contributed by atoms with E-state index in [4.69, 9.17) is 13.9 Å². The monoisotopic (exact) mass is 366 g/mol. The van der Waals surface area contributed by atoms with Gasteiger partial charge in [0.1, 0.15) is 23.7 Å². The summed E-state index contributed by atoms with van der Waals surface area (Å²) in [6, 6.07) is 10.4. The highest BCUT2D eigenvalue weighted by molar-refractivity contribution is 5.84. The Morgan fingerprint density at radius 3 is 2.63 bits per heavy atom. The third-order valence-corrected chi connectivity index (χ3v) is 4.49. The normalized spacial score (nSPS) is 10.8. The van der Waals surface area contributed by atoms with Crippen molar-refractivity contribution in [1.29, 1.82) is 0 Å². The first-order chi connectivity index (χ1) is 13.0. The zero-order chi connectivity index (χ0) is 19.4. The molecule has 0 aliphatic rings. The molecule has 2 aromatic carbocycles. The minimum absolute atomic E-state index is 0.142. The van der Waals surface area contributed by atoms with Gasteiger partial charge in [0.2, 0.25) is 0 Å². The summed E-state index contributed by atoms with van der Waals surface area (Å²) >= 11 is 0. The van der Waals surface area contributed by atoms with E-state index in [1.807, 2.05) is 32.9 Å². The quantitative estimate of drug-likeness (QED) is 0.452. The number of rotatable bonds is 7. The molecule has 0 bridgehead atoms. The molecule has 0 saturated heterocycles. The van der Waals surface area contributed by atoms with Gasteiger partial charge in [-0.05, 0) is 43.5 Å². The maximum Gasteiger partial charge on any atom is 0.336 e. The van der Waals surface area contributed by atoms with E-state index in [1.54, 1.807) is 18.2 Å². The Hall–Kier alpha value is -3.08. The van der Waals surface area contributed by atoms with Crippen LogP contribution in [0.2, 0.25) is 0 Å². The fourth-order valence-corrected chi connectivity index (χ4v) is 2.85. The molecule has 0 atom stereocenters. The number of carbonyl (C=O) groups is 1. The zero-order valence-corrected chi connectivity index (χ0v) is 15.7. The summed E-state index contributed by atoms with van der Waals surface area (Å²) in [7, 11) is 0. The molecule has 0 fully saturated rings. The van der Waals surface area contributed by atoms with Crippen molar-refractivity contribution >= 4 is 17.3 Å². The molecule has 1 aromatic heterocycles. The van der Waals surface area contributed by atoms with Crippen molar-refractivity contribution in [2.45, 2.75) is 33.8 Å². The van der Waals surface area contributed by atoms with Crippen LogP contribution < -0.4 is 15.1 Å². The van der Waals surface area contributed by atoms with Gasteiger partial charge in [0.25, 0.3) is 0 Å². The molecule has 140 valence electrons. The van der Waals surface area contributed by atoms with Crippen molar-refractivity contribution in [1.82, 2.24) is 0 Å². The summed E-state index contributed by atoms with van der Waals surface area (Å²) in [5.74, 6) is 1.06. The molecule has 0 unspecified atom stereocenters. The molecule has 0 spiro atoms. The van der Waals surface area contributed by atoms with Crippen molar-refractivity contribution in [3.63, 3.8) is 0 Å². The summed E-state index contributed by atoms with van der Waals surface area (Å²) < 4.78 is 16.9. The first kappa shape index (κ1) is 18.7. The van der Waals surface area contributed by atoms with E-state index in [0.29, 0.717) is 34.8 Å². The van der Waals surface area contributed by atoms with Gasteiger partial charge in [0.05, 0.1) is 12.2 Å². The second kappa shape index (κ2) is 8.08. The maximum atomic E-state index is 12.0. The Kier molecular flexibility index (Phi) is 5.60. The number of aldehydes is 1. The predicted octanol–water partition coefficient (Wildman–Crippen LogP) is 4.59. The van der Waals surface area contributed by atoms with Crippen LogP contribution in [0.5, 0.6) is 11.5 Å². The molecule has 0 aliphatic carbocycles. The minimum atomic E-state index is -0.426. The van der Waals surface area contributed by atoms with Crippen LogP contribution in [0.25, 0.3) is 11.0 Å². The molecule has 0 N–H and O–H groups in total. The van der Waals surface area contributed by atoms with Crippen LogP contribution in [0.15, 0.2) is 45.6 Å². The summed E-state index contributed by atoms with van der Waals surface area (Å²) in [6.07, 6.45) is 1.63. The van der Waals surface area contributed by atoms with Gasteiger partial charge in [-0.3, -0.25) is 4.79 Å². The topological polar surface area (TPSA) is 65.7 Å². The largest absolute Gasteiger partial charge is 0.493 e. The smallest absolute Gasteiger partial charge is 0.336 e. The van der Waals surface area contributed by atoms with E-state index in [0.717, 1.165) is 29.2 Å². The number of aryl methyl sites for hydroxylation is 2. The average Bonchev–Trinajstić information content (AvgIpc) is 2.67. The van der Waals surface area contributed by atoms with Crippen molar-refractivity contribution in [2.75, 3.05) is 6.61 Å². The number of hydrogen-bond acceptors (Lipinski definition) is 5. The Bertz CT molecular complexity index is 1030. The van der Waals surface area contributed by atoms with Crippen molar-refractivity contribution in [3.05, 3.63) is 69.1 Å². The molecular weight excluding hydrogens is 344 g/mol. The van der Waals surface area contributed by atoms with Gasteiger partial charge < -0.3 is 13.9 Å². The van der Waals surface area contributed by atoms with Crippen molar-refractivity contribution in [2.24, 2.45) is 0 Å². The van der Waals surface area contributed by atoms with Crippen LogP contribution in [-0.2, 0) is 6.61 Å². The highest BCUT2D eigenvalue weighted by Crippen LogP contribution is 2.27. The Morgan fingerprint density at radius 2 is 1.89 bits per heavy atom. The lowest BCUT2D eigenvalue weighted by Gasteiger charge is -2.13. The van der Waals surface area contributed by atoms with Crippen LogP contribution in [0.4, 0.5) is 0 Å². The Labute approximate surface area is 157 Å². The molecule has 27 heavy (non-hydrogen) atoms. The standard InChI is InChI=1S/C22H22O5/c1-4-9-25-18-7-6-16(12-23)20(11-18)26-13-17-10-21(24)27-22-15(3)14(2)5-8-19(17)22/h5-8,10-12H,4,9,13H2,1-3H3. The second-order valence-corrected chi connectivity index (χ2v) is 6.43. The lowest BCUT2D eigenvalue weighted by molar-refractivity contribution is 0.111. The third-order valence-electron chi connectivity index (χ3n) is 4.49. The number of ether oxygens (including phenoxy) is 2. The van der Waals surface area contributed by atoms with E-state index in [2.05, 4.69) is 0 Å². The van der Waals surface area contributed by atoms with Gasteiger partial charge in [-0.25, -0.2) is 4.79 Å². The Balaban J connectivity index is 1.94.